The molecule has 0 radical (unpaired) electrons. The van der Waals surface area contributed by atoms with E-state index in [1.165, 1.54) is 64.2 Å². The average Bonchev–Trinajstić information content (AvgIpc) is 3.79. The van der Waals surface area contributed by atoms with Crippen LogP contribution in [-0.2, 0) is 27.9 Å². The van der Waals surface area contributed by atoms with Gasteiger partial charge in [0.1, 0.15) is 24.4 Å². The molecule has 0 aromatic rings. The van der Waals surface area contributed by atoms with E-state index in [1.54, 1.807) is 0 Å². The number of carbonyl (C=O) groups is 3. The van der Waals surface area contributed by atoms with Crippen LogP contribution in [0.2, 0.25) is 0 Å². The van der Waals surface area contributed by atoms with Crippen molar-refractivity contribution in [3.8, 4) is 0 Å². The maximum absolute atomic E-state index is 12.4. The van der Waals surface area contributed by atoms with Crippen molar-refractivity contribution in [1.29, 1.82) is 0 Å². The van der Waals surface area contributed by atoms with Crippen LogP contribution in [0.3, 0.4) is 0 Å². The third-order valence-corrected chi connectivity index (χ3v) is 15.0. The van der Waals surface area contributed by atoms with Crippen LogP contribution in [0.15, 0.2) is 0 Å². The van der Waals surface area contributed by atoms with Crippen LogP contribution < -0.4 is 21.3 Å². The van der Waals surface area contributed by atoms with Crippen LogP contribution in [0.25, 0.3) is 0 Å². The molecule has 4 amide bonds. The van der Waals surface area contributed by atoms with Gasteiger partial charge in [-0.25, -0.2) is 9.36 Å². The van der Waals surface area contributed by atoms with Crippen molar-refractivity contribution in [2.24, 2.45) is 11.8 Å². The van der Waals surface area contributed by atoms with Crippen molar-refractivity contribution in [3.05, 3.63) is 0 Å². The Hall–Kier alpha value is -1.53. The molecule has 0 aromatic carbocycles. The number of phosphoric acid groups is 1. The summed E-state index contributed by atoms with van der Waals surface area (Å²) in [5.41, 5.74) is 0. The van der Waals surface area contributed by atoms with Crippen molar-refractivity contribution in [2.75, 3.05) is 32.1 Å². The van der Waals surface area contributed by atoms with Crippen LogP contribution >= 0.6 is 19.6 Å². The molecule has 18 heteroatoms. The Morgan fingerprint density at radius 1 is 0.742 bits per heavy atom. The van der Waals surface area contributed by atoms with E-state index < -0.39 is 45.1 Å². The Morgan fingerprint density at radius 2 is 1.27 bits per heavy atom. The molecule has 3 fully saturated rings. The highest BCUT2D eigenvalue weighted by molar-refractivity contribution is 8.00. The number of hydrogen-bond acceptors (Lipinski definition) is 12. The smallest absolute Gasteiger partial charge is 0.394 e. The first kappa shape index (κ1) is 54.8. The fourth-order valence-corrected chi connectivity index (χ4v) is 10.9. The lowest BCUT2D eigenvalue weighted by Crippen LogP contribution is -2.58. The van der Waals surface area contributed by atoms with Crippen molar-refractivity contribution in [1.82, 2.24) is 21.3 Å². The summed E-state index contributed by atoms with van der Waals surface area (Å²) in [4.78, 5) is 45.9. The average molecular weight is 923 g/mol. The van der Waals surface area contributed by atoms with Gasteiger partial charge in [0.2, 0.25) is 11.8 Å². The Morgan fingerprint density at radius 3 is 1.89 bits per heavy atom. The first-order valence-corrected chi connectivity index (χ1v) is 26.5. The highest BCUT2D eigenvalue weighted by Crippen LogP contribution is 2.46. The van der Waals surface area contributed by atoms with Crippen molar-refractivity contribution in [3.63, 3.8) is 0 Å². The molecule has 0 saturated carbocycles. The molecular formula is C44H83N4O12PS. The third kappa shape index (κ3) is 22.6. The van der Waals surface area contributed by atoms with E-state index in [9.17, 15) is 44.3 Å². The van der Waals surface area contributed by atoms with Gasteiger partial charge in [-0.1, -0.05) is 117 Å². The monoisotopic (exact) mass is 923 g/mol. The summed E-state index contributed by atoms with van der Waals surface area (Å²) in [5.74, 6) is 2.13. The largest absolute Gasteiger partial charge is 0.474 e. The molecule has 362 valence electrons. The number of urea groups is 1. The normalized spacial score (nSPS) is 26.6. The van der Waals surface area contributed by atoms with Crippen LogP contribution in [0.4, 0.5) is 4.79 Å². The number of phosphoric ester groups is 1. The number of amides is 4. The van der Waals surface area contributed by atoms with E-state index in [2.05, 4.69) is 35.1 Å². The van der Waals surface area contributed by atoms with Crippen LogP contribution in [0.5, 0.6) is 0 Å². The van der Waals surface area contributed by atoms with E-state index in [-0.39, 0.29) is 42.5 Å². The van der Waals surface area contributed by atoms with E-state index in [0.717, 1.165) is 82.9 Å². The predicted molar refractivity (Wildman–Crippen MR) is 241 cm³/mol. The second-order valence-electron chi connectivity index (χ2n) is 18.1. The minimum atomic E-state index is -4.61. The molecule has 0 bridgehead atoms. The number of aliphatic hydroxyl groups is 4. The number of unbranched alkanes of at least 4 members (excludes halogenated alkanes) is 13. The van der Waals surface area contributed by atoms with E-state index >= 15 is 0 Å². The summed E-state index contributed by atoms with van der Waals surface area (Å²) >= 11 is 1.91. The molecule has 3 rings (SSSR count). The third-order valence-electron chi connectivity index (χ3n) is 12.5. The summed E-state index contributed by atoms with van der Waals surface area (Å²) in [6, 6.07) is 0.415. The maximum Gasteiger partial charge on any atom is 0.474 e. The van der Waals surface area contributed by atoms with Crippen LogP contribution in [-0.4, -0.2) is 123 Å². The van der Waals surface area contributed by atoms with E-state index in [0.29, 0.717) is 37.0 Å². The molecule has 0 spiro atoms. The summed E-state index contributed by atoms with van der Waals surface area (Å²) in [6.07, 6.45) is 17.2. The number of ether oxygens (including phenoxy) is 1. The number of aliphatic hydroxyl groups excluding tert-OH is 4. The summed E-state index contributed by atoms with van der Waals surface area (Å²) in [5, 5.41) is 51.5. The molecule has 3 aliphatic heterocycles. The number of rotatable bonds is 36. The highest BCUT2D eigenvalue weighted by Gasteiger charge is 2.47. The lowest BCUT2D eigenvalue weighted by Gasteiger charge is -2.39. The number of carbonyl (C=O) groups excluding carboxylic acids is 3. The van der Waals surface area contributed by atoms with Gasteiger partial charge in [-0.3, -0.25) is 18.6 Å². The van der Waals surface area contributed by atoms with Crippen LogP contribution in [0.1, 0.15) is 168 Å². The molecule has 16 nitrogen and oxygen atoms in total. The zero-order chi connectivity index (χ0) is 45.2. The minimum absolute atomic E-state index is 0.0240. The molecule has 0 aromatic heterocycles. The van der Waals surface area contributed by atoms with Crippen LogP contribution in [0, 0.1) is 11.8 Å². The van der Waals surface area contributed by atoms with Gasteiger partial charge in [0.25, 0.3) is 0 Å². The fourth-order valence-electron chi connectivity index (χ4n) is 8.49. The quantitative estimate of drug-likeness (QED) is 0.0201. The molecule has 0 aliphatic carbocycles. The first-order chi connectivity index (χ1) is 29.8. The maximum atomic E-state index is 12.4. The molecule has 11 atom stereocenters. The van der Waals surface area contributed by atoms with Gasteiger partial charge >= 0.3 is 13.9 Å². The topological polar surface area (TPSA) is 245 Å². The summed E-state index contributed by atoms with van der Waals surface area (Å²) in [7, 11) is -4.61. The van der Waals surface area contributed by atoms with Crippen molar-refractivity contribution in [2.45, 2.75) is 216 Å². The predicted octanol–water partition coefficient (Wildman–Crippen LogP) is 5.95. The molecule has 3 saturated heterocycles. The van der Waals surface area contributed by atoms with Gasteiger partial charge in [-0.2, -0.15) is 11.8 Å². The molecule has 3 aliphatic rings. The second-order valence-corrected chi connectivity index (χ2v) is 20.8. The summed E-state index contributed by atoms with van der Waals surface area (Å²) in [6.45, 7) is 5.10. The van der Waals surface area contributed by atoms with Gasteiger partial charge < -0.3 is 51.3 Å². The second kappa shape index (κ2) is 31.4. The van der Waals surface area contributed by atoms with Crippen molar-refractivity contribution >= 4 is 37.4 Å². The number of thioether (sulfide) groups is 1. The number of nitrogens with one attached hydrogen (secondary N) is 4. The first-order valence-electron chi connectivity index (χ1n) is 24.0. The van der Waals surface area contributed by atoms with Gasteiger partial charge in [0, 0.05) is 36.9 Å². The van der Waals surface area contributed by atoms with Gasteiger partial charge in [-0.05, 0) is 50.4 Å². The molecule has 6 unspecified atom stereocenters. The van der Waals surface area contributed by atoms with Crippen molar-refractivity contribution < 1.29 is 58.1 Å². The molecule has 9 N–H and O–H groups in total. The van der Waals surface area contributed by atoms with Gasteiger partial charge in [0.15, 0.2) is 6.29 Å². The SMILES string of the molecule is CC(CCCCCCCCCCCCCNC(=O)CCCCCNC(=O)CCCCC1SCC2NC(=O)NC21)CCCC(C)CCOP(=O)(O)O[C@@H]1O[C@H](CO)[C@@H](O)[C@H](O)[C@@H]1O. The summed E-state index contributed by atoms with van der Waals surface area (Å²) < 4.78 is 27.4. The van der Waals surface area contributed by atoms with E-state index in [4.69, 9.17) is 13.8 Å². The Bertz CT molecular complexity index is 1310. The number of fused-ring (bicyclic) bond motifs is 1. The lowest BCUT2D eigenvalue weighted by atomic mass is 9.93. The number of hydrogen-bond donors (Lipinski definition) is 9. The fraction of sp³-hybridized carbons (Fsp3) is 0.932. The zero-order valence-corrected chi connectivity index (χ0v) is 39.4. The Kier molecular flexibility index (Phi) is 27.8. The standard InChI is InChI=1S/C44H83N4O12PS/c1-32(21-19-22-33(2)26-29-58-61(56,57)60-43-42(54)41(53)40(52)35(30-49)59-43)20-13-10-8-6-4-3-5-7-9-11-17-27-45-37(50)24-14-12-18-28-46-38(51)25-16-15-23-36-39-34(31-62-36)47-44(55)48-39/h32-36,39-43,49,52-54H,3-31H2,1-2H3,(H,45,50)(H,46,51)(H,56,57)(H2,47,48,55)/t32?,33?,34?,35-,36?,39?,40-,41+,42+,43+/m1/s1. The van der Waals surface area contributed by atoms with Gasteiger partial charge in [-0.15, -0.1) is 0 Å². The molecular weight excluding hydrogens is 840 g/mol. The highest BCUT2D eigenvalue weighted by atomic mass is 32.2. The molecule has 3 heterocycles. The minimum Gasteiger partial charge on any atom is -0.394 e. The zero-order valence-electron chi connectivity index (χ0n) is 37.7. The van der Waals surface area contributed by atoms with E-state index in [1.807, 2.05) is 11.8 Å². The Labute approximate surface area is 375 Å². The Balaban J connectivity index is 1.000. The lowest BCUT2D eigenvalue weighted by molar-refractivity contribution is -0.281. The molecule has 62 heavy (non-hydrogen) atoms. The van der Waals surface area contributed by atoms with Gasteiger partial charge in [0.05, 0.1) is 25.3 Å².